The molecule has 0 spiro atoms. The summed E-state index contributed by atoms with van der Waals surface area (Å²) in [6, 6.07) is 7.58. The number of amidine groups is 1. The number of nitrogens with one attached hydrogen (secondary N) is 2. The van der Waals surface area contributed by atoms with Crippen molar-refractivity contribution in [2.75, 3.05) is 25.0 Å². The van der Waals surface area contributed by atoms with Crippen LogP contribution in [-0.2, 0) is 4.79 Å². The number of hydrogen-bond donors (Lipinski definition) is 3. The predicted molar refractivity (Wildman–Crippen MR) is 66.6 cm³/mol. The zero-order chi connectivity index (χ0) is 12.1. The summed E-state index contributed by atoms with van der Waals surface area (Å²) in [6.07, 6.45) is 1.07. The summed E-state index contributed by atoms with van der Waals surface area (Å²) in [7, 11) is 0. The quantitative estimate of drug-likeness (QED) is 0.723. The Morgan fingerprint density at radius 1 is 1.41 bits per heavy atom. The monoisotopic (exact) mass is 233 g/mol. The Morgan fingerprint density at radius 2 is 2.18 bits per heavy atom. The normalized spacial score (nSPS) is 14.7. The van der Waals surface area contributed by atoms with Gasteiger partial charge >= 0.3 is 5.97 Å². The topological polar surface area (TPSA) is 73.7 Å². The number of rotatable bonds is 4. The molecule has 0 aromatic heterocycles. The van der Waals surface area contributed by atoms with Crippen LogP contribution in [0.4, 0.5) is 5.69 Å². The van der Waals surface area contributed by atoms with Gasteiger partial charge in [-0.05, 0) is 30.7 Å². The number of carboxylic acid groups (broad SMARTS) is 1. The molecule has 1 aromatic rings. The van der Waals surface area contributed by atoms with Crippen molar-refractivity contribution in [2.24, 2.45) is 4.99 Å². The fourth-order valence-corrected chi connectivity index (χ4v) is 1.65. The van der Waals surface area contributed by atoms with E-state index in [0.29, 0.717) is 0 Å². The van der Waals surface area contributed by atoms with Crippen molar-refractivity contribution in [1.82, 2.24) is 5.32 Å². The number of hydrogen-bond acceptors (Lipinski definition) is 4. The van der Waals surface area contributed by atoms with Crippen LogP contribution in [0.1, 0.15) is 12.0 Å². The van der Waals surface area contributed by atoms with Crippen molar-refractivity contribution >= 4 is 17.5 Å². The average Bonchev–Trinajstić information content (AvgIpc) is 2.38. The van der Waals surface area contributed by atoms with E-state index in [1.807, 2.05) is 24.3 Å². The first-order valence-corrected chi connectivity index (χ1v) is 5.60. The first-order valence-electron chi connectivity index (χ1n) is 5.60. The van der Waals surface area contributed by atoms with Crippen LogP contribution in [0, 0.1) is 0 Å². The van der Waals surface area contributed by atoms with Crippen LogP contribution >= 0.6 is 0 Å². The van der Waals surface area contributed by atoms with Crippen LogP contribution in [0.5, 0.6) is 0 Å². The standard InChI is InChI=1S/C12H15N3O2/c16-11(17)8-15-10-4-2-9(3-5-10)12-13-6-1-7-14-12/h2-5,15H,1,6-8H2,(H,13,14)(H,16,17). The first-order chi connectivity index (χ1) is 8.25. The van der Waals surface area contributed by atoms with E-state index < -0.39 is 5.97 Å². The number of aliphatic carboxylic acids is 1. The molecule has 0 atom stereocenters. The van der Waals surface area contributed by atoms with Gasteiger partial charge in [0.2, 0.25) is 0 Å². The largest absolute Gasteiger partial charge is 0.480 e. The van der Waals surface area contributed by atoms with Crippen molar-refractivity contribution in [1.29, 1.82) is 0 Å². The molecule has 1 aromatic carbocycles. The molecule has 5 heteroatoms. The summed E-state index contributed by atoms with van der Waals surface area (Å²) in [5, 5.41) is 14.6. The lowest BCUT2D eigenvalue weighted by atomic mass is 10.1. The highest BCUT2D eigenvalue weighted by molar-refractivity contribution is 5.99. The van der Waals surface area contributed by atoms with Crippen LogP contribution in [0.15, 0.2) is 29.3 Å². The molecule has 90 valence electrons. The van der Waals surface area contributed by atoms with Gasteiger partial charge in [-0.3, -0.25) is 9.79 Å². The molecule has 0 unspecified atom stereocenters. The molecule has 0 fully saturated rings. The fraction of sp³-hybridized carbons (Fsp3) is 0.333. The summed E-state index contributed by atoms with van der Waals surface area (Å²) in [4.78, 5) is 14.8. The molecule has 0 radical (unpaired) electrons. The minimum absolute atomic E-state index is 0.0709. The van der Waals surface area contributed by atoms with Crippen LogP contribution in [0.25, 0.3) is 0 Å². The molecule has 2 rings (SSSR count). The lowest BCUT2D eigenvalue weighted by molar-refractivity contribution is -0.134. The summed E-state index contributed by atoms with van der Waals surface area (Å²) in [5.74, 6) is 0.0495. The lowest BCUT2D eigenvalue weighted by Crippen LogP contribution is -2.30. The van der Waals surface area contributed by atoms with Crippen LogP contribution < -0.4 is 10.6 Å². The van der Waals surface area contributed by atoms with E-state index in [2.05, 4.69) is 15.6 Å². The van der Waals surface area contributed by atoms with E-state index in [9.17, 15) is 4.79 Å². The third-order valence-corrected chi connectivity index (χ3v) is 2.50. The Morgan fingerprint density at radius 3 is 2.76 bits per heavy atom. The van der Waals surface area contributed by atoms with Gasteiger partial charge in [-0.2, -0.15) is 0 Å². The number of benzene rings is 1. The zero-order valence-corrected chi connectivity index (χ0v) is 9.44. The number of nitrogens with zero attached hydrogens (tertiary/aromatic N) is 1. The second-order valence-corrected chi connectivity index (χ2v) is 3.84. The van der Waals surface area contributed by atoms with Gasteiger partial charge in [0, 0.05) is 24.3 Å². The maximum absolute atomic E-state index is 10.4. The van der Waals surface area contributed by atoms with Gasteiger partial charge in [-0.15, -0.1) is 0 Å². The maximum atomic E-state index is 10.4. The molecule has 1 aliphatic rings. The highest BCUT2D eigenvalue weighted by Crippen LogP contribution is 2.10. The van der Waals surface area contributed by atoms with Gasteiger partial charge in [0.25, 0.3) is 0 Å². The Kier molecular flexibility index (Phi) is 3.59. The van der Waals surface area contributed by atoms with E-state index in [0.717, 1.165) is 36.6 Å². The summed E-state index contributed by atoms with van der Waals surface area (Å²) in [5.41, 5.74) is 1.83. The molecular formula is C12H15N3O2. The van der Waals surface area contributed by atoms with Gasteiger partial charge in [0.05, 0.1) is 0 Å². The molecule has 1 heterocycles. The van der Waals surface area contributed by atoms with Gasteiger partial charge in [0.15, 0.2) is 0 Å². The Bertz CT molecular complexity index is 426. The molecule has 0 amide bonds. The first kappa shape index (κ1) is 11.4. The van der Waals surface area contributed by atoms with Gasteiger partial charge < -0.3 is 15.7 Å². The van der Waals surface area contributed by atoms with E-state index in [1.54, 1.807) is 0 Å². The van der Waals surface area contributed by atoms with Crippen molar-refractivity contribution < 1.29 is 9.90 Å². The molecule has 3 N–H and O–H groups in total. The molecule has 0 saturated carbocycles. The number of anilines is 1. The SMILES string of the molecule is O=C(O)CNc1ccc(C2=NCCCN2)cc1. The number of carbonyl (C=O) groups is 1. The van der Waals surface area contributed by atoms with Gasteiger partial charge in [-0.1, -0.05) is 0 Å². The summed E-state index contributed by atoms with van der Waals surface area (Å²) >= 11 is 0. The van der Waals surface area contributed by atoms with Crippen LogP contribution in [0.3, 0.4) is 0 Å². The molecule has 5 nitrogen and oxygen atoms in total. The third kappa shape index (κ3) is 3.21. The second-order valence-electron chi connectivity index (χ2n) is 3.84. The zero-order valence-electron chi connectivity index (χ0n) is 9.44. The van der Waals surface area contributed by atoms with E-state index in [-0.39, 0.29) is 6.54 Å². The summed E-state index contributed by atoms with van der Waals surface area (Å²) in [6.45, 7) is 1.75. The minimum Gasteiger partial charge on any atom is -0.480 e. The van der Waals surface area contributed by atoms with Gasteiger partial charge in [0.1, 0.15) is 12.4 Å². The molecule has 1 aliphatic heterocycles. The van der Waals surface area contributed by atoms with Gasteiger partial charge in [-0.25, -0.2) is 0 Å². The van der Waals surface area contributed by atoms with Crippen LogP contribution in [-0.4, -0.2) is 36.5 Å². The highest BCUT2D eigenvalue weighted by Gasteiger charge is 2.06. The highest BCUT2D eigenvalue weighted by atomic mass is 16.4. The predicted octanol–water partition coefficient (Wildman–Crippen LogP) is 0.923. The Balaban J connectivity index is 2.02. The lowest BCUT2D eigenvalue weighted by Gasteiger charge is -2.14. The molecule has 0 aliphatic carbocycles. The molecule has 17 heavy (non-hydrogen) atoms. The fourth-order valence-electron chi connectivity index (χ4n) is 1.65. The molecule has 0 saturated heterocycles. The van der Waals surface area contributed by atoms with E-state index >= 15 is 0 Å². The molecular weight excluding hydrogens is 218 g/mol. The van der Waals surface area contributed by atoms with E-state index in [1.165, 1.54) is 0 Å². The average molecular weight is 233 g/mol. The minimum atomic E-state index is -0.868. The van der Waals surface area contributed by atoms with Crippen molar-refractivity contribution in [2.45, 2.75) is 6.42 Å². The number of carboxylic acids is 1. The van der Waals surface area contributed by atoms with Crippen molar-refractivity contribution in [3.63, 3.8) is 0 Å². The second kappa shape index (κ2) is 5.34. The Hall–Kier alpha value is -2.04. The Labute approximate surface area is 99.6 Å². The maximum Gasteiger partial charge on any atom is 0.322 e. The summed E-state index contributed by atoms with van der Waals surface area (Å²) < 4.78 is 0. The molecule has 0 bridgehead atoms. The van der Waals surface area contributed by atoms with E-state index in [4.69, 9.17) is 5.11 Å². The smallest absolute Gasteiger partial charge is 0.322 e. The van der Waals surface area contributed by atoms with Crippen molar-refractivity contribution in [3.05, 3.63) is 29.8 Å². The van der Waals surface area contributed by atoms with Crippen molar-refractivity contribution in [3.8, 4) is 0 Å². The third-order valence-electron chi connectivity index (χ3n) is 2.50. The number of aliphatic imine (C=N–C) groups is 1. The van der Waals surface area contributed by atoms with Crippen LogP contribution in [0.2, 0.25) is 0 Å².